The summed E-state index contributed by atoms with van der Waals surface area (Å²) in [4.78, 5) is 0. The van der Waals surface area contributed by atoms with Gasteiger partial charge in [-0.15, -0.1) is 10.2 Å². The van der Waals surface area contributed by atoms with Crippen molar-refractivity contribution in [1.82, 2.24) is 19.4 Å². The predicted octanol–water partition coefficient (Wildman–Crippen LogP) is 4.91. The van der Waals surface area contributed by atoms with E-state index in [2.05, 4.69) is 67.8 Å². The fourth-order valence-corrected chi connectivity index (χ4v) is 3.40. The summed E-state index contributed by atoms with van der Waals surface area (Å²) in [5, 5.41) is 11.9. The van der Waals surface area contributed by atoms with Crippen molar-refractivity contribution in [3.05, 3.63) is 94.2 Å². The molecule has 0 saturated heterocycles. The Bertz CT molecular complexity index is 1110. The Hall–Kier alpha value is -3.19. The summed E-state index contributed by atoms with van der Waals surface area (Å²) in [6.07, 6.45) is 4.93. The van der Waals surface area contributed by atoms with Crippen molar-refractivity contribution in [2.24, 2.45) is 5.10 Å². The molecule has 2 aromatic carbocycles. The van der Waals surface area contributed by atoms with Crippen LogP contribution in [0.15, 0.2) is 76.8 Å². The van der Waals surface area contributed by atoms with Crippen LogP contribution in [0.2, 0.25) is 0 Å². The number of hydrogen-bond acceptors (Lipinski definition) is 4. The van der Waals surface area contributed by atoms with Gasteiger partial charge in [-0.25, -0.2) is 4.68 Å². The van der Waals surface area contributed by atoms with Crippen molar-refractivity contribution >= 4 is 22.1 Å². The topological polar surface area (TPSA) is 57.2 Å². The van der Waals surface area contributed by atoms with Gasteiger partial charge in [-0.1, -0.05) is 28.1 Å². The lowest BCUT2D eigenvalue weighted by atomic mass is 10.2. The number of aromatic nitrogens is 4. The van der Waals surface area contributed by atoms with Gasteiger partial charge in [0.1, 0.15) is 25.0 Å². The van der Waals surface area contributed by atoms with Crippen LogP contribution in [0.4, 0.5) is 0 Å². The van der Waals surface area contributed by atoms with Gasteiger partial charge in [0.2, 0.25) is 0 Å². The number of aryl methyl sites for hydroxylation is 1. The average molecular weight is 450 g/mol. The SMILES string of the molecule is Cc1cc(C=Nn2cnnc2)c(C)n1-c1ccc(OCc2ccc(Br)cc2)cc1. The maximum absolute atomic E-state index is 5.91. The maximum atomic E-state index is 5.91. The van der Waals surface area contributed by atoms with E-state index >= 15 is 0 Å². The zero-order chi connectivity index (χ0) is 20.2. The highest BCUT2D eigenvalue weighted by Gasteiger charge is 2.10. The third-order valence-corrected chi connectivity index (χ3v) is 5.15. The monoisotopic (exact) mass is 449 g/mol. The standard InChI is InChI=1S/C22H20BrN5O/c1-16-11-19(12-26-27-14-24-25-15-27)17(2)28(16)21-7-9-22(10-8-21)29-13-18-3-5-20(23)6-4-18/h3-12,14-15H,13H2,1-2H3. The largest absolute Gasteiger partial charge is 0.489 e. The minimum atomic E-state index is 0.540. The van der Waals surface area contributed by atoms with Crippen molar-refractivity contribution < 1.29 is 4.74 Å². The molecule has 0 aliphatic heterocycles. The van der Waals surface area contributed by atoms with Gasteiger partial charge in [-0.05, 0) is 61.9 Å². The Morgan fingerprint density at radius 2 is 1.69 bits per heavy atom. The van der Waals surface area contributed by atoms with E-state index in [1.54, 1.807) is 17.3 Å². The average Bonchev–Trinajstić information content (AvgIpc) is 3.34. The van der Waals surface area contributed by atoms with Gasteiger partial charge in [-0.2, -0.15) is 5.10 Å². The van der Waals surface area contributed by atoms with Crippen molar-refractivity contribution in [1.29, 1.82) is 0 Å². The summed E-state index contributed by atoms with van der Waals surface area (Å²) in [5.41, 5.74) is 5.51. The van der Waals surface area contributed by atoms with Crippen LogP contribution < -0.4 is 4.74 Å². The minimum absolute atomic E-state index is 0.540. The Morgan fingerprint density at radius 3 is 2.38 bits per heavy atom. The van der Waals surface area contributed by atoms with Crippen LogP contribution in [0.3, 0.4) is 0 Å². The molecule has 0 aliphatic carbocycles. The second kappa shape index (κ2) is 8.45. The summed E-state index contributed by atoms with van der Waals surface area (Å²) < 4.78 is 10.7. The smallest absolute Gasteiger partial charge is 0.141 e. The number of benzene rings is 2. The molecule has 0 amide bonds. The Morgan fingerprint density at radius 1 is 1.00 bits per heavy atom. The molecule has 0 N–H and O–H groups in total. The van der Waals surface area contributed by atoms with Crippen LogP contribution in [0, 0.1) is 13.8 Å². The van der Waals surface area contributed by atoms with E-state index in [-0.39, 0.29) is 0 Å². The predicted molar refractivity (Wildman–Crippen MR) is 117 cm³/mol. The molecule has 0 spiro atoms. The maximum Gasteiger partial charge on any atom is 0.141 e. The first kappa shape index (κ1) is 19.1. The number of rotatable bonds is 6. The summed E-state index contributed by atoms with van der Waals surface area (Å²) >= 11 is 3.45. The van der Waals surface area contributed by atoms with E-state index in [4.69, 9.17) is 4.74 Å². The molecule has 2 heterocycles. The number of halogens is 1. The zero-order valence-electron chi connectivity index (χ0n) is 16.2. The first-order valence-electron chi connectivity index (χ1n) is 9.16. The number of ether oxygens (including phenoxy) is 1. The molecule has 0 unspecified atom stereocenters. The molecule has 29 heavy (non-hydrogen) atoms. The summed E-state index contributed by atoms with van der Waals surface area (Å²) in [7, 11) is 0. The van der Waals surface area contributed by atoms with Crippen molar-refractivity contribution in [2.75, 3.05) is 0 Å². The quantitative estimate of drug-likeness (QED) is 0.393. The van der Waals surface area contributed by atoms with Crippen LogP contribution in [0.5, 0.6) is 5.75 Å². The Balaban J connectivity index is 1.49. The minimum Gasteiger partial charge on any atom is -0.489 e. The van der Waals surface area contributed by atoms with E-state index in [0.29, 0.717) is 6.61 Å². The van der Waals surface area contributed by atoms with Crippen molar-refractivity contribution in [3.8, 4) is 11.4 Å². The molecule has 0 radical (unpaired) electrons. The van der Waals surface area contributed by atoms with Crippen molar-refractivity contribution in [2.45, 2.75) is 20.5 Å². The molecule has 7 heteroatoms. The molecule has 0 aliphatic rings. The molecule has 0 bridgehead atoms. The van der Waals surface area contributed by atoms with Gasteiger partial charge < -0.3 is 9.30 Å². The highest BCUT2D eigenvalue weighted by molar-refractivity contribution is 9.10. The normalized spacial score (nSPS) is 11.3. The molecule has 146 valence electrons. The third kappa shape index (κ3) is 4.46. The number of nitrogens with zero attached hydrogens (tertiary/aromatic N) is 5. The second-order valence-electron chi connectivity index (χ2n) is 6.66. The summed E-state index contributed by atoms with van der Waals surface area (Å²) in [6.45, 7) is 4.71. The highest BCUT2D eigenvalue weighted by Crippen LogP contribution is 2.23. The van der Waals surface area contributed by atoms with Crippen molar-refractivity contribution in [3.63, 3.8) is 0 Å². The molecule has 0 saturated carbocycles. The highest BCUT2D eigenvalue weighted by atomic mass is 79.9. The second-order valence-corrected chi connectivity index (χ2v) is 7.57. The zero-order valence-corrected chi connectivity index (χ0v) is 17.7. The lowest BCUT2D eigenvalue weighted by molar-refractivity contribution is 0.306. The van der Waals surface area contributed by atoms with Gasteiger partial charge in [0.25, 0.3) is 0 Å². The Labute approximate surface area is 177 Å². The van der Waals surface area contributed by atoms with E-state index < -0.39 is 0 Å². The fraction of sp³-hybridized carbons (Fsp3) is 0.136. The van der Waals surface area contributed by atoms with Crippen LogP contribution in [-0.4, -0.2) is 25.7 Å². The lowest BCUT2D eigenvalue weighted by Crippen LogP contribution is -2.00. The fourth-order valence-electron chi connectivity index (χ4n) is 3.14. The molecule has 0 fully saturated rings. The molecule has 2 aromatic heterocycles. The van der Waals surface area contributed by atoms with Gasteiger partial charge in [0.05, 0.1) is 6.21 Å². The van der Waals surface area contributed by atoms with E-state index in [1.807, 2.05) is 42.6 Å². The van der Waals surface area contributed by atoms with Crippen LogP contribution >= 0.6 is 15.9 Å². The van der Waals surface area contributed by atoms with E-state index in [0.717, 1.165) is 38.4 Å². The lowest BCUT2D eigenvalue weighted by Gasteiger charge is -2.11. The molecule has 0 atom stereocenters. The van der Waals surface area contributed by atoms with E-state index in [1.165, 1.54) is 0 Å². The number of hydrogen-bond donors (Lipinski definition) is 0. The molecule has 6 nitrogen and oxygen atoms in total. The van der Waals surface area contributed by atoms with Crippen LogP contribution in [0.25, 0.3) is 5.69 Å². The molecular weight excluding hydrogens is 430 g/mol. The molecular formula is C22H20BrN5O. The van der Waals surface area contributed by atoms with Gasteiger partial charge >= 0.3 is 0 Å². The first-order valence-corrected chi connectivity index (χ1v) is 9.95. The van der Waals surface area contributed by atoms with Gasteiger partial charge in [0.15, 0.2) is 0 Å². The van der Waals surface area contributed by atoms with Gasteiger partial charge in [0, 0.05) is 27.1 Å². The van der Waals surface area contributed by atoms with E-state index in [9.17, 15) is 0 Å². The third-order valence-electron chi connectivity index (χ3n) is 4.62. The molecule has 4 rings (SSSR count). The summed E-state index contributed by atoms with van der Waals surface area (Å²) in [6, 6.07) is 18.4. The van der Waals surface area contributed by atoms with Crippen LogP contribution in [-0.2, 0) is 6.61 Å². The van der Waals surface area contributed by atoms with Crippen LogP contribution in [0.1, 0.15) is 22.5 Å². The Kier molecular flexibility index (Phi) is 5.57. The first-order chi connectivity index (χ1) is 14.1. The molecule has 4 aromatic rings. The van der Waals surface area contributed by atoms with Gasteiger partial charge in [-0.3, -0.25) is 0 Å². The summed E-state index contributed by atoms with van der Waals surface area (Å²) in [5.74, 6) is 0.841.